The molecule has 162 valence electrons. The molecule has 1 fully saturated rings. The number of hydrogen-bond acceptors (Lipinski definition) is 7. The molecular formula is C22H28N2O5S. The highest BCUT2D eigenvalue weighted by Crippen LogP contribution is 2.35. The maximum Gasteiger partial charge on any atom is 0.351 e. The van der Waals surface area contributed by atoms with Crippen LogP contribution in [0.3, 0.4) is 0 Å². The number of carbonyl (C=O) groups excluding carboxylic acids is 2. The Labute approximate surface area is 180 Å². The molecule has 7 nitrogen and oxygen atoms in total. The van der Waals surface area contributed by atoms with E-state index in [2.05, 4.69) is 10.3 Å². The molecule has 0 bridgehead atoms. The third-order valence-electron chi connectivity index (χ3n) is 5.22. The number of benzene rings is 1. The highest BCUT2D eigenvalue weighted by Gasteiger charge is 2.25. The van der Waals surface area contributed by atoms with Crippen LogP contribution in [-0.4, -0.2) is 43.2 Å². The van der Waals surface area contributed by atoms with Gasteiger partial charge < -0.3 is 19.5 Å². The number of aromatic nitrogens is 1. The van der Waals surface area contributed by atoms with Gasteiger partial charge in [-0.3, -0.25) is 4.79 Å². The van der Waals surface area contributed by atoms with Crippen LogP contribution in [0.25, 0.3) is 10.6 Å². The molecule has 1 atom stereocenters. The summed E-state index contributed by atoms with van der Waals surface area (Å²) < 4.78 is 16.0. The van der Waals surface area contributed by atoms with Crippen molar-refractivity contribution < 1.29 is 23.8 Å². The average Bonchev–Trinajstić information content (AvgIpc) is 3.15. The smallest absolute Gasteiger partial charge is 0.351 e. The molecule has 30 heavy (non-hydrogen) atoms. The summed E-state index contributed by atoms with van der Waals surface area (Å²) >= 11 is 1.23. The Kier molecular flexibility index (Phi) is 7.31. The molecular weight excluding hydrogens is 404 g/mol. The largest absolute Gasteiger partial charge is 0.493 e. The van der Waals surface area contributed by atoms with Crippen LogP contribution in [0.5, 0.6) is 11.5 Å². The predicted octanol–water partition coefficient (Wildman–Crippen LogP) is 4.13. The Morgan fingerprint density at radius 2 is 1.83 bits per heavy atom. The van der Waals surface area contributed by atoms with E-state index in [1.54, 1.807) is 34.1 Å². The van der Waals surface area contributed by atoms with Gasteiger partial charge in [0.15, 0.2) is 17.6 Å². The second kappa shape index (κ2) is 9.93. The molecule has 3 rings (SSSR count). The van der Waals surface area contributed by atoms with Crippen LogP contribution >= 0.6 is 11.3 Å². The number of thiazole rings is 1. The molecule has 1 aromatic heterocycles. The number of rotatable bonds is 7. The molecule has 1 aliphatic rings. The van der Waals surface area contributed by atoms with E-state index < -0.39 is 12.1 Å². The maximum atomic E-state index is 12.7. The highest BCUT2D eigenvalue weighted by molar-refractivity contribution is 7.17. The van der Waals surface area contributed by atoms with Gasteiger partial charge in [0, 0.05) is 11.6 Å². The molecule has 1 N–H and O–H groups in total. The number of carbonyl (C=O) groups is 2. The molecule has 1 amide bonds. The molecule has 8 heteroatoms. The Morgan fingerprint density at radius 1 is 1.13 bits per heavy atom. The molecule has 1 saturated carbocycles. The molecule has 1 heterocycles. The standard InChI is InChI=1S/C22H28N2O5S/c1-13-19(22(26)29-14(2)20(25)24-16-8-6-5-7-9-16)30-21(23-13)15-10-11-17(27-3)18(12-15)28-4/h10-12,14,16H,5-9H2,1-4H3,(H,24,25). The van der Waals surface area contributed by atoms with Crippen molar-refractivity contribution in [2.45, 2.75) is 58.1 Å². The maximum absolute atomic E-state index is 12.7. The number of amides is 1. The number of esters is 1. The lowest BCUT2D eigenvalue weighted by molar-refractivity contribution is -0.130. The second-order valence-corrected chi connectivity index (χ2v) is 8.39. The number of nitrogens with zero attached hydrogens (tertiary/aromatic N) is 1. The van der Waals surface area contributed by atoms with Crippen molar-refractivity contribution in [2.24, 2.45) is 0 Å². The minimum Gasteiger partial charge on any atom is -0.493 e. The van der Waals surface area contributed by atoms with Gasteiger partial charge in [0.05, 0.1) is 19.9 Å². The molecule has 1 unspecified atom stereocenters. The summed E-state index contributed by atoms with van der Waals surface area (Å²) in [5, 5.41) is 3.66. The molecule has 1 aromatic carbocycles. The third kappa shape index (κ3) is 5.11. The topological polar surface area (TPSA) is 86.8 Å². The summed E-state index contributed by atoms with van der Waals surface area (Å²) in [4.78, 5) is 29.9. The first-order valence-corrected chi connectivity index (χ1v) is 11.0. The van der Waals surface area contributed by atoms with E-state index in [4.69, 9.17) is 14.2 Å². The normalized spacial score (nSPS) is 15.3. The van der Waals surface area contributed by atoms with E-state index in [0.717, 1.165) is 31.2 Å². The zero-order chi connectivity index (χ0) is 21.7. The van der Waals surface area contributed by atoms with Crippen LogP contribution < -0.4 is 14.8 Å². The van der Waals surface area contributed by atoms with E-state index in [1.165, 1.54) is 17.8 Å². The van der Waals surface area contributed by atoms with Crippen molar-refractivity contribution in [3.8, 4) is 22.1 Å². The Morgan fingerprint density at radius 3 is 2.50 bits per heavy atom. The summed E-state index contributed by atoms with van der Waals surface area (Å²) in [5.74, 6) is 0.410. The van der Waals surface area contributed by atoms with Crippen molar-refractivity contribution in [1.29, 1.82) is 0 Å². The van der Waals surface area contributed by atoms with Crippen LogP contribution in [0.1, 0.15) is 54.4 Å². The number of aryl methyl sites for hydroxylation is 1. The first-order valence-electron chi connectivity index (χ1n) is 10.1. The SMILES string of the molecule is COc1ccc(-c2nc(C)c(C(=O)OC(C)C(=O)NC3CCCCC3)s2)cc1OC. The lowest BCUT2D eigenvalue weighted by Gasteiger charge is -2.24. The van der Waals surface area contributed by atoms with Gasteiger partial charge >= 0.3 is 5.97 Å². The molecule has 0 aliphatic heterocycles. The van der Waals surface area contributed by atoms with Crippen LogP contribution in [0.4, 0.5) is 0 Å². The number of methoxy groups -OCH3 is 2. The van der Waals surface area contributed by atoms with Gasteiger partial charge in [-0.05, 0) is 44.9 Å². The monoisotopic (exact) mass is 432 g/mol. The molecule has 2 aromatic rings. The van der Waals surface area contributed by atoms with E-state index in [-0.39, 0.29) is 11.9 Å². The fourth-order valence-corrected chi connectivity index (χ4v) is 4.46. The first kappa shape index (κ1) is 22.1. The Balaban J connectivity index is 1.68. The molecule has 1 aliphatic carbocycles. The summed E-state index contributed by atoms with van der Waals surface area (Å²) in [5.41, 5.74) is 1.37. The van der Waals surface area contributed by atoms with Gasteiger partial charge in [0.2, 0.25) is 0 Å². The minimum absolute atomic E-state index is 0.175. The van der Waals surface area contributed by atoms with E-state index in [9.17, 15) is 9.59 Å². The van der Waals surface area contributed by atoms with Crippen molar-refractivity contribution in [2.75, 3.05) is 14.2 Å². The van der Waals surface area contributed by atoms with Crippen molar-refractivity contribution in [3.05, 3.63) is 28.8 Å². The van der Waals surface area contributed by atoms with E-state index in [0.29, 0.717) is 27.1 Å². The zero-order valence-corrected chi connectivity index (χ0v) is 18.6. The van der Waals surface area contributed by atoms with Gasteiger partial charge in [-0.2, -0.15) is 0 Å². The van der Waals surface area contributed by atoms with Gasteiger partial charge in [-0.15, -0.1) is 11.3 Å². The average molecular weight is 433 g/mol. The minimum atomic E-state index is -0.856. The van der Waals surface area contributed by atoms with Gasteiger partial charge in [0.1, 0.15) is 9.88 Å². The zero-order valence-electron chi connectivity index (χ0n) is 17.8. The van der Waals surface area contributed by atoms with Crippen LogP contribution in [0, 0.1) is 6.92 Å². The molecule has 0 spiro atoms. The van der Waals surface area contributed by atoms with Gasteiger partial charge in [-0.1, -0.05) is 19.3 Å². The fraction of sp³-hybridized carbons (Fsp3) is 0.500. The van der Waals surface area contributed by atoms with Crippen LogP contribution in [-0.2, 0) is 9.53 Å². The van der Waals surface area contributed by atoms with E-state index in [1.807, 2.05) is 12.1 Å². The molecule has 0 radical (unpaired) electrons. The highest BCUT2D eigenvalue weighted by atomic mass is 32.1. The van der Waals surface area contributed by atoms with Crippen molar-refractivity contribution >= 4 is 23.2 Å². The summed E-state index contributed by atoms with van der Waals surface area (Å²) in [7, 11) is 3.14. The summed E-state index contributed by atoms with van der Waals surface area (Å²) in [6, 6.07) is 5.64. The van der Waals surface area contributed by atoms with Crippen LogP contribution in [0.2, 0.25) is 0 Å². The van der Waals surface area contributed by atoms with Crippen LogP contribution in [0.15, 0.2) is 18.2 Å². The van der Waals surface area contributed by atoms with E-state index >= 15 is 0 Å². The predicted molar refractivity (Wildman–Crippen MR) is 115 cm³/mol. The molecule has 0 saturated heterocycles. The number of hydrogen-bond donors (Lipinski definition) is 1. The Hall–Kier alpha value is -2.61. The Bertz CT molecular complexity index is 905. The summed E-state index contributed by atoms with van der Waals surface area (Å²) in [6.07, 6.45) is 4.56. The lowest BCUT2D eigenvalue weighted by atomic mass is 9.95. The fourth-order valence-electron chi connectivity index (χ4n) is 3.51. The number of nitrogens with one attached hydrogen (secondary N) is 1. The summed E-state index contributed by atoms with van der Waals surface area (Å²) in [6.45, 7) is 3.35. The third-order valence-corrected chi connectivity index (χ3v) is 6.40. The van der Waals surface area contributed by atoms with Crippen molar-refractivity contribution in [3.63, 3.8) is 0 Å². The quantitative estimate of drug-likeness (QED) is 0.662. The van der Waals surface area contributed by atoms with Gasteiger partial charge in [0.25, 0.3) is 5.91 Å². The lowest BCUT2D eigenvalue weighted by Crippen LogP contribution is -2.42. The van der Waals surface area contributed by atoms with Crippen molar-refractivity contribution in [1.82, 2.24) is 10.3 Å². The first-order chi connectivity index (χ1) is 14.4. The second-order valence-electron chi connectivity index (χ2n) is 7.39. The number of ether oxygens (including phenoxy) is 3. The van der Waals surface area contributed by atoms with Gasteiger partial charge in [-0.25, -0.2) is 9.78 Å².